The van der Waals surface area contributed by atoms with Crippen LogP contribution < -0.4 is 10.1 Å². The van der Waals surface area contributed by atoms with Gasteiger partial charge in [0.15, 0.2) is 12.3 Å². The molecule has 2 aliphatic rings. The maximum absolute atomic E-state index is 13.0. The maximum Gasteiger partial charge on any atom is 0.273 e. The minimum atomic E-state index is -0.341. The van der Waals surface area contributed by atoms with E-state index in [4.69, 9.17) is 4.74 Å². The number of nitrogens with zero attached hydrogens (tertiary/aromatic N) is 4. The number of amides is 2. The van der Waals surface area contributed by atoms with Gasteiger partial charge in [0.05, 0.1) is 6.20 Å². The summed E-state index contributed by atoms with van der Waals surface area (Å²) in [5.74, 6) is 0.476. The van der Waals surface area contributed by atoms with E-state index in [9.17, 15) is 14.0 Å². The van der Waals surface area contributed by atoms with E-state index >= 15 is 0 Å². The van der Waals surface area contributed by atoms with E-state index in [1.807, 2.05) is 4.90 Å². The van der Waals surface area contributed by atoms with Gasteiger partial charge in [-0.2, -0.15) is 0 Å². The Morgan fingerprint density at radius 3 is 2.74 bits per heavy atom. The molecular formula is C22H28FN5O3. The maximum atomic E-state index is 13.0. The number of benzene rings is 1. The SMILES string of the molecule is O=C(NCC1CC1)c1cn(CCC2CCCCN2C(=O)COc2ccc(F)cc2)nn1. The molecule has 1 saturated heterocycles. The molecule has 8 nitrogen and oxygen atoms in total. The predicted molar refractivity (Wildman–Crippen MR) is 111 cm³/mol. The van der Waals surface area contributed by atoms with Crippen LogP contribution >= 0.6 is 0 Å². The second-order valence-corrected chi connectivity index (χ2v) is 8.29. The first kappa shape index (κ1) is 21.3. The van der Waals surface area contributed by atoms with Gasteiger partial charge < -0.3 is 15.0 Å². The number of aryl methyl sites for hydroxylation is 1. The van der Waals surface area contributed by atoms with E-state index in [-0.39, 0.29) is 30.3 Å². The van der Waals surface area contributed by atoms with Gasteiger partial charge in [-0.15, -0.1) is 5.10 Å². The van der Waals surface area contributed by atoms with E-state index < -0.39 is 0 Å². The molecule has 1 atom stereocenters. The van der Waals surface area contributed by atoms with Crippen molar-refractivity contribution in [3.05, 3.63) is 42.0 Å². The third kappa shape index (κ3) is 6.02. The van der Waals surface area contributed by atoms with Crippen molar-refractivity contribution in [3.8, 4) is 5.75 Å². The topological polar surface area (TPSA) is 89.4 Å². The average molecular weight is 429 g/mol. The number of aromatic nitrogens is 3. The fourth-order valence-electron chi connectivity index (χ4n) is 3.83. The van der Waals surface area contributed by atoms with Crippen LogP contribution in [0.25, 0.3) is 0 Å². The van der Waals surface area contributed by atoms with E-state index in [1.54, 1.807) is 10.9 Å². The minimum Gasteiger partial charge on any atom is -0.484 e. The molecule has 166 valence electrons. The largest absolute Gasteiger partial charge is 0.484 e. The highest BCUT2D eigenvalue weighted by Gasteiger charge is 2.27. The molecule has 1 N–H and O–H groups in total. The number of piperidine rings is 1. The molecule has 1 aromatic carbocycles. The summed E-state index contributed by atoms with van der Waals surface area (Å²) in [6.07, 6.45) is 7.71. The van der Waals surface area contributed by atoms with Crippen LogP contribution in [-0.4, -0.2) is 57.4 Å². The molecule has 9 heteroatoms. The number of rotatable bonds is 9. The first-order valence-corrected chi connectivity index (χ1v) is 10.9. The number of carbonyl (C=O) groups is 2. The summed E-state index contributed by atoms with van der Waals surface area (Å²) >= 11 is 0. The van der Waals surface area contributed by atoms with Gasteiger partial charge in [-0.25, -0.2) is 4.39 Å². The Morgan fingerprint density at radius 1 is 1.16 bits per heavy atom. The van der Waals surface area contributed by atoms with Crippen molar-refractivity contribution in [1.82, 2.24) is 25.2 Å². The molecule has 1 saturated carbocycles. The number of nitrogens with one attached hydrogen (secondary N) is 1. The van der Waals surface area contributed by atoms with Crippen LogP contribution in [0.5, 0.6) is 5.75 Å². The average Bonchev–Trinajstić information content (AvgIpc) is 3.50. The lowest BCUT2D eigenvalue weighted by molar-refractivity contribution is -0.137. The van der Waals surface area contributed by atoms with Crippen LogP contribution in [-0.2, 0) is 11.3 Å². The van der Waals surface area contributed by atoms with Crippen molar-refractivity contribution < 1.29 is 18.7 Å². The molecule has 2 amide bonds. The van der Waals surface area contributed by atoms with Crippen LogP contribution in [0.3, 0.4) is 0 Å². The number of halogens is 1. The molecule has 2 aromatic rings. The Bertz CT molecular complexity index is 897. The van der Waals surface area contributed by atoms with Gasteiger partial charge in [-0.3, -0.25) is 14.3 Å². The highest BCUT2D eigenvalue weighted by molar-refractivity contribution is 5.91. The Labute approximate surface area is 180 Å². The molecule has 31 heavy (non-hydrogen) atoms. The Morgan fingerprint density at radius 2 is 1.97 bits per heavy atom. The first-order chi connectivity index (χ1) is 15.1. The van der Waals surface area contributed by atoms with Crippen molar-refractivity contribution in [2.75, 3.05) is 19.7 Å². The summed E-state index contributed by atoms with van der Waals surface area (Å²) in [7, 11) is 0. The third-order valence-electron chi connectivity index (χ3n) is 5.83. The molecule has 1 aliphatic carbocycles. The Kier molecular flexibility index (Phi) is 6.79. The lowest BCUT2D eigenvalue weighted by Gasteiger charge is -2.35. The van der Waals surface area contributed by atoms with E-state index in [2.05, 4.69) is 15.6 Å². The minimum absolute atomic E-state index is 0.0726. The standard InChI is InChI=1S/C22H28FN5O3/c23-17-6-8-19(9-7-17)31-15-21(29)28-11-2-1-3-18(28)10-12-27-14-20(25-26-27)22(30)24-13-16-4-5-16/h6-9,14,16,18H,1-5,10-13,15H2,(H,24,30). The smallest absolute Gasteiger partial charge is 0.273 e. The Hall–Kier alpha value is -2.97. The van der Waals surface area contributed by atoms with Crippen LogP contribution in [0, 0.1) is 11.7 Å². The zero-order valence-electron chi connectivity index (χ0n) is 17.5. The van der Waals surface area contributed by atoms with Gasteiger partial charge >= 0.3 is 0 Å². The highest BCUT2D eigenvalue weighted by Crippen LogP contribution is 2.27. The van der Waals surface area contributed by atoms with Crippen LogP contribution in [0.1, 0.15) is 49.0 Å². The summed E-state index contributed by atoms with van der Waals surface area (Å²) in [4.78, 5) is 26.7. The molecule has 0 bridgehead atoms. The zero-order valence-corrected chi connectivity index (χ0v) is 17.5. The van der Waals surface area contributed by atoms with Gasteiger partial charge in [0.1, 0.15) is 11.6 Å². The molecule has 2 heterocycles. The van der Waals surface area contributed by atoms with Crippen molar-refractivity contribution in [2.24, 2.45) is 5.92 Å². The molecule has 2 fully saturated rings. The summed E-state index contributed by atoms with van der Waals surface area (Å²) in [5, 5.41) is 10.9. The molecule has 1 aliphatic heterocycles. The summed E-state index contributed by atoms with van der Waals surface area (Å²) in [5.41, 5.74) is 0.324. The van der Waals surface area contributed by atoms with Gasteiger partial charge in [-0.1, -0.05) is 5.21 Å². The van der Waals surface area contributed by atoms with Crippen molar-refractivity contribution in [2.45, 2.75) is 51.1 Å². The van der Waals surface area contributed by atoms with Crippen molar-refractivity contribution in [1.29, 1.82) is 0 Å². The number of hydrogen-bond acceptors (Lipinski definition) is 5. The molecule has 0 spiro atoms. The molecule has 1 aromatic heterocycles. The van der Waals surface area contributed by atoms with Gasteiger partial charge in [0, 0.05) is 25.7 Å². The quantitative estimate of drug-likeness (QED) is 0.661. The van der Waals surface area contributed by atoms with Crippen molar-refractivity contribution in [3.63, 3.8) is 0 Å². The second kappa shape index (κ2) is 9.89. The van der Waals surface area contributed by atoms with E-state index in [0.29, 0.717) is 37.0 Å². The summed E-state index contributed by atoms with van der Waals surface area (Å²) in [6, 6.07) is 5.73. The second-order valence-electron chi connectivity index (χ2n) is 8.29. The fourth-order valence-corrected chi connectivity index (χ4v) is 3.83. The molecule has 1 unspecified atom stereocenters. The third-order valence-corrected chi connectivity index (χ3v) is 5.83. The lowest BCUT2D eigenvalue weighted by Crippen LogP contribution is -2.46. The first-order valence-electron chi connectivity index (χ1n) is 10.9. The summed E-state index contributed by atoms with van der Waals surface area (Å²) < 4.78 is 20.2. The number of hydrogen-bond donors (Lipinski definition) is 1. The van der Waals surface area contributed by atoms with Gasteiger partial charge in [-0.05, 0) is 68.7 Å². The Balaban J connectivity index is 1.26. The van der Waals surface area contributed by atoms with Crippen molar-refractivity contribution >= 4 is 11.8 Å². The lowest BCUT2D eigenvalue weighted by atomic mass is 9.99. The summed E-state index contributed by atoms with van der Waals surface area (Å²) in [6.45, 7) is 1.90. The molecule has 0 radical (unpaired) electrons. The highest BCUT2D eigenvalue weighted by atomic mass is 19.1. The van der Waals surface area contributed by atoms with Crippen LogP contribution in [0.4, 0.5) is 4.39 Å². The monoisotopic (exact) mass is 429 g/mol. The zero-order chi connectivity index (χ0) is 21.6. The van der Waals surface area contributed by atoms with Crippen LogP contribution in [0.2, 0.25) is 0 Å². The normalized spacial score (nSPS) is 18.6. The van der Waals surface area contributed by atoms with E-state index in [1.165, 1.54) is 37.1 Å². The van der Waals surface area contributed by atoms with Crippen LogP contribution in [0.15, 0.2) is 30.5 Å². The molecule has 4 rings (SSSR count). The van der Waals surface area contributed by atoms with E-state index in [0.717, 1.165) is 25.7 Å². The predicted octanol–water partition coefficient (Wildman–Crippen LogP) is 2.41. The molecular weight excluding hydrogens is 401 g/mol. The fraction of sp³-hybridized carbons (Fsp3) is 0.545. The van der Waals surface area contributed by atoms with Gasteiger partial charge in [0.2, 0.25) is 0 Å². The van der Waals surface area contributed by atoms with Gasteiger partial charge in [0.25, 0.3) is 11.8 Å². The number of likely N-dealkylation sites (tertiary alicyclic amines) is 1. The number of carbonyl (C=O) groups excluding carboxylic acids is 2. The number of ether oxygens (including phenoxy) is 1.